The van der Waals surface area contributed by atoms with Crippen LogP contribution in [0.5, 0.6) is 0 Å². The fourth-order valence-corrected chi connectivity index (χ4v) is 4.85. The van der Waals surface area contributed by atoms with Gasteiger partial charge in [-0.25, -0.2) is 4.98 Å². The summed E-state index contributed by atoms with van der Waals surface area (Å²) in [6.45, 7) is 0. The number of pyridine rings is 1. The fraction of sp³-hybridized carbons (Fsp3) is 0.286. The molecule has 2 N–H and O–H groups in total. The molecule has 5 rings (SSSR count). The molecule has 1 aromatic carbocycles. The van der Waals surface area contributed by atoms with Crippen molar-refractivity contribution >= 4 is 23.0 Å². The maximum absolute atomic E-state index is 12.5. The average molecular weight is 393 g/mol. The number of halogens is 1. The van der Waals surface area contributed by atoms with Crippen molar-refractivity contribution in [2.24, 2.45) is 11.8 Å². The van der Waals surface area contributed by atoms with E-state index in [0.29, 0.717) is 29.0 Å². The highest BCUT2D eigenvalue weighted by Gasteiger charge is 2.62. The van der Waals surface area contributed by atoms with Crippen molar-refractivity contribution in [3.63, 3.8) is 0 Å². The first-order chi connectivity index (χ1) is 13.5. The van der Waals surface area contributed by atoms with Crippen LogP contribution >= 0.6 is 11.6 Å². The predicted molar refractivity (Wildman–Crippen MR) is 103 cm³/mol. The van der Waals surface area contributed by atoms with Crippen LogP contribution in [0.25, 0.3) is 5.52 Å². The Bertz CT molecular complexity index is 1140. The zero-order valence-corrected chi connectivity index (χ0v) is 15.6. The molecule has 28 heavy (non-hydrogen) atoms. The molecule has 2 aliphatic carbocycles. The van der Waals surface area contributed by atoms with Gasteiger partial charge in [-0.1, -0.05) is 17.7 Å². The Hall–Kier alpha value is -2.88. The first-order valence-corrected chi connectivity index (χ1v) is 9.51. The lowest BCUT2D eigenvalue weighted by Gasteiger charge is -2.27. The summed E-state index contributed by atoms with van der Waals surface area (Å²) in [6, 6.07) is 10.6. The lowest BCUT2D eigenvalue weighted by atomic mass is 9.88. The van der Waals surface area contributed by atoms with Gasteiger partial charge in [0.15, 0.2) is 0 Å². The Kier molecular flexibility index (Phi) is 3.73. The summed E-state index contributed by atoms with van der Waals surface area (Å²) in [7, 11) is 0. The minimum absolute atomic E-state index is 0.0543. The van der Waals surface area contributed by atoms with Gasteiger partial charge in [0.05, 0.1) is 40.3 Å². The van der Waals surface area contributed by atoms with Crippen LogP contribution in [0.2, 0.25) is 5.02 Å². The van der Waals surface area contributed by atoms with Crippen molar-refractivity contribution < 1.29 is 9.90 Å². The molecule has 1 amide bonds. The van der Waals surface area contributed by atoms with E-state index in [9.17, 15) is 9.90 Å². The molecule has 0 saturated heterocycles. The summed E-state index contributed by atoms with van der Waals surface area (Å²) in [4.78, 5) is 16.6. The van der Waals surface area contributed by atoms with E-state index in [-0.39, 0.29) is 23.8 Å². The number of carbonyl (C=O) groups is 1. The van der Waals surface area contributed by atoms with Gasteiger partial charge in [0.1, 0.15) is 0 Å². The Morgan fingerprint density at radius 1 is 1.36 bits per heavy atom. The van der Waals surface area contributed by atoms with Crippen LogP contribution in [0.4, 0.5) is 0 Å². The van der Waals surface area contributed by atoms with Gasteiger partial charge < -0.3 is 14.8 Å². The molecule has 7 heteroatoms. The van der Waals surface area contributed by atoms with Gasteiger partial charge in [0, 0.05) is 23.4 Å². The topological polar surface area (TPSA) is 90.4 Å². The lowest BCUT2D eigenvalue weighted by molar-refractivity contribution is 0.0289. The van der Waals surface area contributed by atoms with E-state index in [1.54, 1.807) is 43.0 Å². The maximum atomic E-state index is 12.5. The molecule has 0 radical (unpaired) electrons. The zero-order chi connectivity index (χ0) is 19.5. The van der Waals surface area contributed by atoms with Gasteiger partial charge in [-0.15, -0.1) is 0 Å². The maximum Gasteiger partial charge on any atom is 0.251 e. The standard InChI is InChI=1S/C21H17ClN4O2/c22-14-5-17(18-9-24-11-26(18)10-14)21(28)6-15-16(7-21)19(15)25-20(27)13-3-1-2-12(4-13)8-23/h1-5,9-11,15-16,19,28H,6-7H2,(H,25,27)/t15-,16+,19+,21-. The fourth-order valence-electron chi connectivity index (χ4n) is 4.63. The summed E-state index contributed by atoms with van der Waals surface area (Å²) >= 11 is 6.22. The largest absolute Gasteiger partial charge is 0.385 e. The van der Waals surface area contributed by atoms with E-state index in [2.05, 4.69) is 10.3 Å². The number of benzene rings is 1. The summed E-state index contributed by atoms with van der Waals surface area (Å²) < 4.78 is 1.82. The monoisotopic (exact) mass is 392 g/mol. The molecule has 140 valence electrons. The molecular formula is C21H17ClN4O2. The normalized spacial score (nSPS) is 28.0. The van der Waals surface area contributed by atoms with Crippen LogP contribution in [-0.2, 0) is 5.60 Å². The van der Waals surface area contributed by atoms with Crippen LogP contribution in [0.15, 0.2) is 49.1 Å². The van der Waals surface area contributed by atoms with Crippen molar-refractivity contribution in [2.75, 3.05) is 0 Å². The van der Waals surface area contributed by atoms with Crippen LogP contribution in [-0.4, -0.2) is 26.4 Å². The summed E-state index contributed by atoms with van der Waals surface area (Å²) in [6.07, 6.45) is 6.31. The molecule has 2 aliphatic rings. The van der Waals surface area contributed by atoms with Crippen molar-refractivity contribution in [3.8, 4) is 6.07 Å². The second-order valence-corrected chi connectivity index (χ2v) is 8.15. The predicted octanol–water partition coefficient (Wildman–Crippen LogP) is 2.89. The smallest absolute Gasteiger partial charge is 0.251 e. The number of carbonyl (C=O) groups excluding carboxylic acids is 1. The highest BCUT2D eigenvalue weighted by molar-refractivity contribution is 6.30. The third-order valence-electron chi connectivity index (χ3n) is 6.02. The Morgan fingerprint density at radius 3 is 2.89 bits per heavy atom. The molecule has 2 fully saturated rings. The number of nitrogens with zero attached hydrogens (tertiary/aromatic N) is 3. The van der Waals surface area contributed by atoms with Gasteiger partial charge in [0.25, 0.3) is 5.91 Å². The van der Waals surface area contributed by atoms with E-state index in [1.165, 1.54) is 0 Å². The number of aromatic nitrogens is 2. The van der Waals surface area contributed by atoms with Gasteiger partial charge >= 0.3 is 0 Å². The van der Waals surface area contributed by atoms with E-state index in [1.807, 2.05) is 16.5 Å². The molecule has 6 nitrogen and oxygen atoms in total. The number of aliphatic hydroxyl groups is 1. The van der Waals surface area contributed by atoms with E-state index in [0.717, 1.165) is 11.1 Å². The molecular weight excluding hydrogens is 376 g/mol. The average Bonchev–Trinajstić information content (AvgIpc) is 3.06. The van der Waals surface area contributed by atoms with Crippen molar-refractivity contribution in [1.29, 1.82) is 5.26 Å². The van der Waals surface area contributed by atoms with Crippen molar-refractivity contribution in [3.05, 3.63) is 70.8 Å². The minimum atomic E-state index is -0.969. The van der Waals surface area contributed by atoms with Gasteiger partial charge in [0.2, 0.25) is 0 Å². The molecule has 0 spiro atoms. The number of hydrogen-bond acceptors (Lipinski definition) is 4. The van der Waals surface area contributed by atoms with Gasteiger partial charge in [-0.3, -0.25) is 4.79 Å². The molecule has 3 aromatic rings. The SMILES string of the molecule is N#Cc1cccc(C(=O)N[C@H]2[C@@H]3C[C@](O)(c4cc(Cl)cn5cncc45)C[C@@H]32)c1. The van der Waals surface area contributed by atoms with E-state index >= 15 is 0 Å². The molecule has 0 bridgehead atoms. The number of fused-ring (bicyclic) bond motifs is 2. The Morgan fingerprint density at radius 2 is 2.14 bits per heavy atom. The molecule has 0 unspecified atom stereocenters. The third-order valence-corrected chi connectivity index (χ3v) is 6.22. The third kappa shape index (κ3) is 2.67. The van der Waals surface area contributed by atoms with Crippen LogP contribution in [0.1, 0.15) is 34.3 Å². The minimum Gasteiger partial charge on any atom is -0.385 e. The molecule has 2 heterocycles. The molecule has 2 saturated carbocycles. The first kappa shape index (κ1) is 17.2. The second-order valence-electron chi connectivity index (χ2n) is 7.72. The number of imidazole rings is 1. The molecule has 2 aromatic heterocycles. The lowest BCUT2D eigenvalue weighted by Crippen LogP contribution is -2.33. The van der Waals surface area contributed by atoms with E-state index < -0.39 is 5.60 Å². The molecule has 4 atom stereocenters. The van der Waals surface area contributed by atoms with Gasteiger partial charge in [-0.05, 0) is 48.9 Å². The number of nitrogens with one attached hydrogen (secondary N) is 1. The first-order valence-electron chi connectivity index (χ1n) is 9.14. The van der Waals surface area contributed by atoms with E-state index in [4.69, 9.17) is 16.9 Å². The molecule has 0 aliphatic heterocycles. The number of hydrogen-bond donors (Lipinski definition) is 2. The van der Waals surface area contributed by atoms with Crippen LogP contribution < -0.4 is 5.32 Å². The highest BCUT2D eigenvalue weighted by Crippen LogP contribution is 2.60. The van der Waals surface area contributed by atoms with Crippen molar-refractivity contribution in [2.45, 2.75) is 24.5 Å². The second kappa shape index (κ2) is 6.06. The number of amides is 1. The number of rotatable bonds is 3. The highest BCUT2D eigenvalue weighted by atomic mass is 35.5. The summed E-state index contributed by atoms with van der Waals surface area (Å²) in [5.41, 5.74) is 1.61. The summed E-state index contributed by atoms with van der Waals surface area (Å²) in [5.74, 6) is 0.283. The van der Waals surface area contributed by atoms with Crippen LogP contribution in [0, 0.1) is 23.2 Å². The zero-order valence-electron chi connectivity index (χ0n) is 14.8. The summed E-state index contributed by atoms with van der Waals surface area (Å²) in [5, 5.41) is 23.9. The Balaban J connectivity index is 1.32. The van der Waals surface area contributed by atoms with Gasteiger partial charge in [-0.2, -0.15) is 5.26 Å². The number of nitriles is 1. The Labute approximate surface area is 166 Å². The van der Waals surface area contributed by atoms with Crippen molar-refractivity contribution in [1.82, 2.24) is 14.7 Å². The quantitative estimate of drug-likeness (QED) is 0.717. The van der Waals surface area contributed by atoms with Crippen LogP contribution in [0.3, 0.4) is 0 Å².